The van der Waals surface area contributed by atoms with Crippen LogP contribution in [0, 0.1) is 12.7 Å². The normalized spacial score (nSPS) is 17.3. The van der Waals surface area contributed by atoms with Crippen LogP contribution in [0.25, 0.3) is 16.9 Å². The molecule has 5 nitrogen and oxygen atoms in total. The number of morpholine rings is 1. The summed E-state index contributed by atoms with van der Waals surface area (Å²) in [5.74, 6) is -0.151. The van der Waals surface area contributed by atoms with E-state index in [0.29, 0.717) is 6.04 Å². The first-order chi connectivity index (χ1) is 14.6. The van der Waals surface area contributed by atoms with Crippen LogP contribution in [-0.2, 0) is 11.3 Å². The number of nitrogens with zero attached hydrogens (tertiary/aromatic N) is 3. The minimum atomic E-state index is -0.385. The van der Waals surface area contributed by atoms with Gasteiger partial charge in [-0.2, -0.15) is 5.10 Å². The number of ether oxygens (including phenoxy) is 2. The highest BCUT2D eigenvalue weighted by molar-refractivity contribution is 5.64. The van der Waals surface area contributed by atoms with Gasteiger partial charge in [0.25, 0.3) is 0 Å². The molecule has 0 saturated carbocycles. The van der Waals surface area contributed by atoms with Crippen molar-refractivity contribution in [3.8, 4) is 22.7 Å². The highest BCUT2D eigenvalue weighted by Gasteiger charge is 2.24. The van der Waals surface area contributed by atoms with Crippen LogP contribution >= 0.6 is 0 Å². The van der Waals surface area contributed by atoms with E-state index in [0.717, 1.165) is 60.8 Å². The van der Waals surface area contributed by atoms with Crippen LogP contribution in [0.4, 0.5) is 4.39 Å². The number of methoxy groups -OCH3 is 1. The predicted molar refractivity (Wildman–Crippen MR) is 116 cm³/mol. The van der Waals surface area contributed by atoms with Gasteiger partial charge in [0.1, 0.15) is 0 Å². The highest BCUT2D eigenvalue weighted by atomic mass is 19.1. The molecule has 0 radical (unpaired) electrons. The molecular formula is C24H28FN3O2. The Bertz CT molecular complexity index is 1020. The molecular weight excluding hydrogens is 381 g/mol. The minimum absolute atomic E-state index is 0.234. The Kier molecular flexibility index (Phi) is 6.16. The van der Waals surface area contributed by atoms with Crippen molar-refractivity contribution in [3.63, 3.8) is 0 Å². The van der Waals surface area contributed by atoms with Gasteiger partial charge < -0.3 is 9.47 Å². The number of hydrogen-bond acceptors (Lipinski definition) is 4. The second kappa shape index (κ2) is 8.98. The van der Waals surface area contributed by atoms with Crippen LogP contribution in [0.2, 0.25) is 0 Å². The standard InChI is InChI=1S/C24H28FN3O2/c1-4-20-16-30-12-11-27(20)14-19-15-28(22-8-6-5-7-17(22)2)26-24(19)18-9-10-23(29-3)21(25)13-18/h5-10,13,15,20H,4,11-12,14,16H2,1-3H3/t20-/m1/s1. The first kappa shape index (κ1) is 20.6. The Hall–Kier alpha value is -2.70. The summed E-state index contributed by atoms with van der Waals surface area (Å²) >= 11 is 0. The first-order valence-electron chi connectivity index (χ1n) is 10.4. The van der Waals surface area contributed by atoms with Crippen LogP contribution in [0.3, 0.4) is 0 Å². The van der Waals surface area contributed by atoms with Crippen molar-refractivity contribution in [2.45, 2.75) is 32.9 Å². The molecule has 158 valence electrons. The molecule has 2 heterocycles. The minimum Gasteiger partial charge on any atom is -0.494 e. The van der Waals surface area contributed by atoms with E-state index in [9.17, 15) is 4.39 Å². The lowest BCUT2D eigenvalue weighted by Gasteiger charge is -2.34. The van der Waals surface area contributed by atoms with Gasteiger partial charge in [0.15, 0.2) is 11.6 Å². The molecule has 3 aromatic rings. The van der Waals surface area contributed by atoms with Crippen LogP contribution < -0.4 is 4.74 Å². The number of para-hydroxylation sites is 1. The molecule has 0 amide bonds. The molecule has 2 aromatic carbocycles. The number of aryl methyl sites for hydroxylation is 1. The SMILES string of the molecule is CC[C@@H]1COCCN1Cc1cn(-c2ccccc2C)nc1-c1ccc(OC)c(F)c1. The third-order valence-electron chi connectivity index (χ3n) is 5.77. The smallest absolute Gasteiger partial charge is 0.165 e. The number of halogens is 1. The fourth-order valence-electron chi connectivity index (χ4n) is 4.02. The largest absolute Gasteiger partial charge is 0.494 e. The van der Waals surface area contributed by atoms with E-state index in [4.69, 9.17) is 14.6 Å². The van der Waals surface area contributed by atoms with E-state index in [1.165, 1.54) is 13.2 Å². The van der Waals surface area contributed by atoms with Gasteiger partial charge in [-0.15, -0.1) is 0 Å². The summed E-state index contributed by atoms with van der Waals surface area (Å²) in [5.41, 5.74) is 4.77. The van der Waals surface area contributed by atoms with E-state index >= 15 is 0 Å². The number of aromatic nitrogens is 2. The van der Waals surface area contributed by atoms with Gasteiger partial charge >= 0.3 is 0 Å². The van der Waals surface area contributed by atoms with Crippen molar-refractivity contribution in [3.05, 3.63) is 65.6 Å². The first-order valence-corrected chi connectivity index (χ1v) is 10.4. The number of hydrogen-bond donors (Lipinski definition) is 0. The van der Waals surface area contributed by atoms with Crippen molar-refractivity contribution < 1.29 is 13.9 Å². The van der Waals surface area contributed by atoms with Crippen molar-refractivity contribution >= 4 is 0 Å². The topological polar surface area (TPSA) is 39.5 Å². The lowest BCUT2D eigenvalue weighted by atomic mass is 10.1. The maximum absolute atomic E-state index is 14.5. The number of benzene rings is 2. The molecule has 0 aliphatic carbocycles. The fourth-order valence-corrected chi connectivity index (χ4v) is 4.02. The molecule has 6 heteroatoms. The molecule has 4 rings (SSSR count). The van der Waals surface area contributed by atoms with E-state index in [1.54, 1.807) is 6.07 Å². The zero-order valence-corrected chi connectivity index (χ0v) is 17.8. The van der Waals surface area contributed by atoms with E-state index in [2.05, 4.69) is 31.0 Å². The van der Waals surface area contributed by atoms with Crippen molar-refractivity contribution in [2.24, 2.45) is 0 Å². The summed E-state index contributed by atoms with van der Waals surface area (Å²) in [6, 6.07) is 13.5. The zero-order valence-electron chi connectivity index (χ0n) is 17.8. The Morgan fingerprint density at radius 3 is 2.80 bits per heavy atom. The summed E-state index contributed by atoms with van der Waals surface area (Å²) in [7, 11) is 1.47. The van der Waals surface area contributed by atoms with Crippen LogP contribution in [-0.4, -0.2) is 47.6 Å². The average Bonchev–Trinajstić information content (AvgIpc) is 3.18. The molecule has 1 saturated heterocycles. The van der Waals surface area contributed by atoms with Gasteiger partial charge in [-0.25, -0.2) is 9.07 Å². The molecule has 0 unspecified atom stereocenters. The molecule has 0 bridgehead atoms. The summed E-state index contributed by atoms with van der Waals surface area (Å²) in [6.07, 6.45) is 3.10. The summed E-state index contributed by atoms with van der Waals surface area (Å²) in [4.78, 5) is 2.44. The molecule has 1 aliphatic heterocycles. The molecule has 0 spiro atoms. The second-order valence-corrected chi connectivity index (χ2v) is 7.69. The maximum Gasteiger partial charge on any atom is 0.165 e. The molecule has 0 N–H and O–H groups in total. The Labute approximate surface area is 177 Å². The van der Waals surface area contributed by atoms with Gasteiger partial charge in [-0.1, -0.05) is 25.1 Å². The van der Waals surface area contributed by atoms with Crippen LogP contribution in [0.15, 0.2) is 48.7 Å². The third-order valence-corrected chi connectivity index (χ3v) is 5.77. The van der Waals surface area contributed by atoms with Crippen molar-refractivity contribution in [1.29, 1.82) is 0 Å². The van der Waals surface area contributed by atoms with Crippen molar-refractivity contribution in [2.75, 3.05) is 26.9 Å². The van der Waals surface area contributed by atoms with Gasteiger partial charge in [0, 0.05) is 36.5 Å². The second-order valence-electron chi connectivity index (χ2n) is 7.69. The van der Waals surface area contributed by atoms with E-state index in [1.807, 2.05) is 28.9 Å². The highest BCUT2D eigenvalue weighted by Crippen LogP contribution is 2.30. The Morgan fingerprint density at radius 2 is 2.07 bits per heavy atom. The van der Waals surface area contributed by atoms with Gasteiger partial charge in [-0.05, 0) is 43.2 Å². The third kappa shape index (κ3) is 4.11. The zero-order chi connectivity index (χ0) is 21.1. The fraction of sp³-hybridized carbons (Fsp3) is 0.375. The van der Waals surface area contributed by atoms with Gasteiger partial charge in [0.2, 0.25) is 0 Å². The Balaban J connectivity index is 1.77. The number of rotatable bonds is 6. The maximum atomic E-state index is 14.5. The van der Waals surface area contributed by atoms with Crippen LogP contribution in [0.1, 0.15) is 24.5 Å². The quantitative estimate of drug-likeness (QED) is 0.596. The molecule has 30 heavy (non-hydrogen) atoms. The predicted octanol–water partition coefficient (Wildman–Crippen LogP) is 4.61. The lowest BCUT2D eigenvalue weighted by molar-refractivity contribution is -0.0126. The molecule has 1 aliphatic rings. The molecule has 1 aromatic heterocycles. The van der Waals surface area contributed by atoms with Crippen molar-refractivity contribution in [1.82, 2.24) is 14.7 Å². The molecule has 1 fully saturated rings. The van der Waals surface area contributed by atoms with Gasteiger partial charge in [-0.3, -0.25) is 4.90 Å². The summed E-state index contributed by atoms with van der Waals surface area (Å²) in [5, 5.41) is 4.88. The lowest BCUT2D eigenvalue weighted by Crippen LogP contribution is -2.44. The summed E-state index contributed by atoms with van der Waals surface area (Å²) < 4.78 is 27.1. The molecule has 1 atom stereocenters. The van der Waals surface area contributed by atoms with Crippen LogP contribution in [0.5, 0.6) is 5.75 Å². The summed E-state index contributed by atoms with van der Waals surface area (Å²) in [6.45, 7) is 7.35. The van der Waals surface area contributed by atoms with E-state index < -0.39 is 0 Å². The monoisotopic (exact) mass is 409 g/mol. The average molecular weight is 410 g/mol. The Morgan fingerprint density at radius 1 is 1.23 bits per heavy atom. The van der Waals surface area contributed by atoms with E-state index in [-0.39, 0.29) is 11.6 Å². The van der Waals surface area contributed by atoms with Gasteiger partial charge in [0.05, 0.1) is 31.7 Å².